The standard InChI is InChI=1S/C21H22N4O4S/c1-30(27,28)19-7-3-2-6-18(19)29-24-21(26)17-5-4-12-25(17)15-9-8-14-10-11-23-20(22)16(14)13-15/h2-3,6-11,13,17H,4-5,12H2,1H3,(H2,22,23)(H,24,26). The molecule has 1 aromatic heterocycles. The molecule has 1 saturated heterocycles. The average Bonchev–Trinajstić information content (AvgIpc) is 3.22. The van der Waals surface area contributed by atoms with Crippen LogP contribution < -0.4 is 21.0 Å². The summed E-state index contributed by atoms with van der Waals surface area (Å²) in [5.41, 5.74) is 9.29. The van der Waals surface area contributed by atoms with Crippen molar-refractivity contribution in [3.05, 3.63) is 54.7 Å². The van der Waals surface area contributed by atoms with Crippen molar-refractivity contribution in [1.29, 1.82) is 0 Å². The van der Waals surface area contributed by atoms with Gasteiger partial charge >= 0.3 is 0 Å². The van der Waals surface area contributed by atoms with Gasteiger partial charge in [0, 0.05) is 30.1 Å². The Morgan fingerprint density at radius 1 is 1.23 bits per heavy atom. The summed E-state index contributed by atoms with van der Waals surface area (Å²) in [5.74, 6) is 0.188. The largest absolute Gasteiger partial charge is 0.383 e. The van der Waals surface area contributed by atoms with Crippen molar-refractivity contribution in [3.8, 4) is 5.75 Å². The van der Waals surface area contributed by atoms with Crippen molar-refractivity contribution in [2.45, 2.75) is 23.8 Å². The molecule has 1 atom stereocenters. The molecule has 4 rings (SSSR count). The minimum Gasteiger partial charge on any atom is -0.383 e. The molecule has 8 nitrogen and oxygen atoms in total. The van der Waals surface area contributed by atoms with Gasteiger partial charge < -0.3 is 15.5 Å². The average molecular weight is 426 g/mol. The fraction of sp³-hybridized carbons (Fsp3) is 0.238. The molecule has 156 valence electrons. The Balaban J connectivity index is 1.53. The van der Waals surface area contributed by atoms with E-state index in [2.05, 4.69) is 10.5 Å². The zero-order chi connectivity index (χ0) is 21.3. The van der Waals surface area contributed by atoms with Crippen LogP contribution in [0.2, 0.25) is 0 Å². The number of rotatable bonds is 5. The number of para-hydroxylation sites is 1. The molecule has 2 aromatic carbocycles. The molecular weight excluding hydrogens is 404 g/mol. The van der Waals surface area contributed by atoms with Gasteiger partial charge in [-0.3, -0.25) is 4.79 Å². The number of hydrogen-bond donors (Lipinski definition) is 2. The highest BCUT2D eigenvalue weighted by Crippen LogP contribution is 2.30. The number of pyridine rings is 1. The normalized spacial score (nSPS) is 16.6. The molecule has 0 bridgehead atoms. The lowest BCUT2D eigenvalue weighted by Gasteiger charge is -2.26. The zero-order valence-corrected chi connectivity index (χ0v) is 17.2. The number of nitrogens with one attached hydrogen (secondary N) is 1. The number of fused-ring (bicyclic) bond motifs is 1. The minimum absolute atomic E-state index is 0.0195. The van der Waals surface area contributed by atoms with Crippen LogP contribution >= 0.6 is 0 Å². The Morgan fingerprint density at radius 2 is 2.03 bits per heavy atom. The van der Waals surface area contributed by atoms with Gasteiger partial charge in [0.15, 0.2) is 15.6 Å². The highest BCUT2D eigenvalue weighted by atomic mass is 32.2. The number of hydroxylamine groups is 1. The van der Waals surface area contributed by atoms with Gasteiger partial charge in [0.2, 0.25) is 0 Å². The number of benzene rings is 2. The number of carbonyl (C=O) groups excluding carboxylic acids is 1. The molecular formula is C21H22N4O4S. The van der Waals surface area contributed by atoms with Crippen LogP contribution in [0.4, 0.5) is 11.5 Å². The van der Waals surface area contributed by atoms with Crippen LogP contribution in [0.5, 0.6) is 5.75 Å². The molecule has 0 aliphatic carbocycles. The van der Waals surface area contributed by atoms with E-state index in [1.165, 1.54) is 12.1 Å². The maximum absolute atomic E-state index is 12.8. The smallest absolute Gasteiger partial charge is 0.275 e. The van der Waals surface area contributed by atoms with Gasteiger partial charge in [-0.05, 0) is 48.6 Å². The van der Waals surface area contributed by atoms with E-state index in [-0.39, 0.29) is 16.6 Å². The highest BCUT2D eigenvalue weighted by molar-refractivity contribution is 7.90. The van der Waals surface area contributed by atoms with Crippen LogP contribution in [0.3, 0.4) is 0 Å². The zero-order valence-electron chi connectivity index (χ0n) is 16.4. The Hall–Kier alpha value is -3.33. The summed E-state index contributed by atoms with van der Waals surface area (Å²) in [5, 5.41) is 1.81. The monoisotopic (exact) mass is 426 g/mol. The molecule has 1 unspecified atom stereocenters. The fourth-order valence-electron chi connectivity index (χ4n) is 3.72. The summed E-state index contributed by atoms with van der Waals surface area (Å²) in [6, 6.07) is 13.5. The number of carbonyl (C=O) groups is 1. The van der Waals surface area contributed by atoms with Crippen LogP contribution in [0, 0.1) is 0 Å². The first kappa shape index (κ1) is 20.0. The number of amides is 1. The summed E-state index contributed by atoms with van der Waals surface area (Å²) < 4.78 is 23.8. The third kappa shape index (κ3) is 3.88. The maximum atomic E-state index is 12.8. The van der Waals surface area contributed by atoms with Crippen molar-refractivity contribution >= 4 is 38.0 Å². The Kier molecular flexibility index (Phi) is 5.21. The first-order chi connectivity index (χ1) is 14.3. The molecule has 0 radical (unpaired) electrons. The Labute approximate surface area is 174 Å². The number of hydrogen-bond acceptors (Lipinski definition) is 7. The molecule has 1 aliphatic heterocycles. The number of nitrogens with zero attached hydrogens (tertiary/aromatic N) is 2. The van der Waals surface area contributed by atoms with Crippen molar-refractivity contribution in [3.63, 3.8) is 0 Å². The summed E-state index contributed by atoms with van der Waals surface area (Å²) in [7, 11) is -3.48. The number of nitrogen functional groups attached to an aromatic ring is 1. The van der Waals surface area contributed by atoms with Gasteiger partial charge in [-0.25, -0.2) is 13.4 Å². The molecule has 1 amide bonds. The lowest BCUT2D eigenvalue weighted by molar-refractivity contribution is -0.128. The van der Waals surface area contributed by atoms with E-state index in [0.717, 1.165) is 29.1 Å². The SMILES string of the molecule is CS(=O)(=O)c1ccccc1ONC(=O)C1CCCN1c1ccc2ccnc(N)c2c1. The number of nitrogens with two attached hydrogens (primary N) is 1. The van der Waals surface area contributed by atoms with Crippen LogP contribution in [0.1, 0.15) is 12.8 Å². The summed E-state index contributed by atoms with van der Waals surface area (Å²) >= 11 is 0. The van der Waals surface area contributed by atoms with E-state index in [1.54, 1.807) is 18.3 Å². The van der Waals surface area contributed by atoms with Crippen LogP contribution in [0.15, 0.2) is 59.6 Å². The summed E-state index contributed by atoms with van der Waals surface area (Å²) in [4.78, 5) is 24.3. The van der Waals surface area contributed by atoms with Gasteiger partial charge in [-0.1, -0.05) is 18.2 Å². The third-order valence-electron chi connectivity index (χ3n) is 5.18. The second-order valence-corrected chi connectivity index (χ2v) is 9.22. The minimum atomic E-state index is -3.48. The Bertz CT molecular complexity index is 1210. The number of anilines is 2. The van der Waals surface area contributed by atoms with E-state index >= 15 is 0 Å². The van der Waals surface area contributed by atoms with Crippen LogP contribution in [-0.2, 0) is 14.6 Å². The molecule has 3 aromatic rings. The maximum Gasteiger partial charge on any atom is 0.275 e. The molecule has 0 spiro atoms. The van der Waals surface area contributed by atoms with Crippen molar-refractivity contribution in [2.75, 3.05) is 23.4 Å². The van der Waals surface area contributed by atoms with E-state index in [1.807, 2.05) is 29.2 Å². The first-order valence-electron chi connectivity index (χ1n) is 9.51. The van der Waals surface area contributed by atoms with Gasteiger partial charge in [0.05, 0.1) is 0 Å². The van der Waals surface area contributed by atoms with Crippen molar-refractivity contribution < 1.29 is 18.0 Å². The van der Waals surface area contributed by atoms with Gasteiger partial charge in [-0.15, -0.1) is 0 Å². The van der Waals surface area contributed by atoms with Gasteiger partial charge in [0.1, 0.15) is 16.8 Å². The third-order valence-corrected chi connectivity index (χ3v) is 6.31. The predicted molar refractivity (Wildman–Crippen MR) is 115 cm³/mol. The molecule has 9 heteroatoms. The summed E-state index contributed by atoms with van der Waals surface area (Å²) in [6.07, 6.45) is 4.26. The van der Waals surface area contributed by atoms with Gasteiger partial charge in [0.25, 0.3) is 5.91 Å². The van der Waals surface area contributed by atoms with E-state index in [9.17, 15) is 13.2 Å². The lowest BCUT2D eigenvalue weighted by atomic mass is 10.1. The molecule has 0 saturated carbocycles. The topological polar surface area (TPSA) is 115 Å². The molecule has 30 heavy (non-hydrogen) atoms. The van der Waals surface area contributed by atoms with E-state index in [0.29, 0.717) is 18.8 Å². The number of aromatic nitrogens is 1. The molecule has 1 aliphatic rings. The fourth-order valence-corrected chi connectivity index (χ4v) is 4.52. The predicted octanol–water partition coefficient (Wildman–Crippen LogP) is 2.30. The highest BCUT2D eigenvalue weighted by Gasteiger charge is 2.32. The summed E-state index contributed by atoms with van der Waals surface area (Å²) in [6.45, 7) is 0.712. The van der Waals surface area contributed by atoms with Crippen LogP contribution in [-0.4, -0.2) is 38.2 Å². The lowest BCUT2D eigenvalue weighted by Crippen LogP contribution is -2.44. The van der Waals surface area contributed by atoms with E-state index in [4.69, 9.17) is 10.6 Å². The number of sulfone groups is 1. The Morgan fingerprint density at radius 3 is 2.83 bits per heavy atom. The quantitative estimate of drug-likeness (QED) is 0.602. The second-order valence-electron chi connectivity index (χ2n) is 7.24. The van der Waals surface area contributed by atoms with E-state index < -0.39 is 15.9 Å². The molecule has 2 heterocycles. The van der Waals surface area contributed by atoms with Crippen molar-refractivity contribution in [2.24, 2.45) is 0 Å². The van der Waals surface area contributed by atoms with Crippen molar-refractivity contribution in [1.82, 2.24) is 10.5 Å². The van der Waals surface area contributed by atoms with Gasteiger partial charge in [-0.2, -0.15) is 5.48 Å². The first-order valence-corrected chi connectivity index (χ1v) is 11.4. The second kappa shape index (κ2) is 7.83. The molecule has 3 N–H and O–H groups in total. The van der Waals surface area contributed by atoms with Crippen LogP contribution in [0.25, 0.3) is 10.8 Å². The molecule has 1 fully saturated rings.